The molecule has 3 rings (SSSR count). The van der Waals surface area contributed by atoms with E-state index in [0.717, 1.165) is 17.7 Å². The number of nitrogens with one attached hydrogen (secondary N) is 2. The van der Waals surface area contributed by atoms with Gasteiger partial charge in [0, 0.05) is 11.9 Å². The van der Waals surface area contributed by atoms with Crippen LogP contribution < -0.4 is 10.6 Å². The zero-order valence-electron chi connectivity index (χ0n) is 16.5. The molecule has 0 aliphatic carbocycles. The van der Waals surface area contributed by atoms with Gasteiger partial charge in [0.2, 0.25) is 0 Å². The fourth-order valence-corrected chi connectivity index (χ4v) is 3.03. The third-order valence-corrected chi connectivity index (χ3v) is 4.56. The van der Waals surface area contributed by atoms with Crippen LogP contribution in [0.1, 0.15) is 40.2 Å². The number of aliphatic hydroxyl groups is 1. The number of fused-ring (bicyclic) bond motifs is 1. The first-order valence-corrected chi connectivity index (χ1v) is 9.33. The Bertz CT molecular complexity index is 1100. The summed E-state index contributed by atoms with van der Waals surface area (Å²) in [6, 6.07) is 6.02. The molecule has 1 heterocycles. The van der Waals surface area contributed by atoms with Gasteiger partial charge in [-0.15, -0.1) is 0 Å². The Hall–Kier alpha value is -3.05. The molecule has 0 saturated carbocycles. The summed E-state index contributed by atoms with van der Waals surface area (Å²) in [4.78, 5) is 12.5. The van der Waals surface area contributed by atoms with E-state index in [-0.39, 0.29) is 5.58 Å². The second-order valence-corrected chi connectivity index (χ2v) is 7.11. The van der Waals surface area contributed by atoms with Crippen molar-refractivity contribution in [3.63, 3.8) is 0 Å². The molecule has 0 saturated heterocycles. The van der Waals surface area contributed by atoms with E-state index in [9.17, 15) is 36.2 Å². The first-order valence-electron chi connectivity index (χ1n) is 9.33. The van der Waals surface area contributed by atoms with Crippen molar-refractivity contribution < 1.29 is 40.7 Å². The second kappa shape index (κ2) is 8.83. The van der Waals surface area contributed by atoms with Crippen molar-refractivity contribution in [3.8, 4) is 0 Å². The molecule has 2 atom stereocenters. The van der Waals surface area contributed by atoms with Gasteiger partial charge in [-0.2, -0.15) is 26.3 Å². The standard InChI is InChI=1S/C21H18F6N2O3/c1-11(30)28-10-12-5-6-16-14(7-12)9-17(32-16)19(31)29-18(21(25,26)27)13-3-2-4-15(8-13)20(22,23)24/h2-9,11,18,28,30H,10H2,1H3,(H,29,31). The molecule has 0 aliphatic heterocycles. The minimum absolute atomic E-state index is 0.235. The second-order valence-electron chi connectivity index (χ2n) is 7.11. The largest absolute Gasteiger partial charge is 0.451 e. The van der Waals surface area contributed by atoms with Gasteiger partial charge in [0.05, 0.1) is 5.56 Å². The molecule has 2 unspecified atom stereocenters. The van der Waals surface area contributed by atoms with Crippen LogP contribution in [0, 0.1) is 0 Å². The Morgan fingerprint density at radius 1 is 1.06 bits per heavy atom. The van der Waals surface area contributed by atoms with E-state index in [1.54, 1.807) is 17.4 Å². The summed E-state index contributed by atoms with van der Waals surface area (Å²) in [7, 11) is 0. The lowest BCUT2D eigenvalue weighted by Crippen LogP contribution is -2.38. The van der Waals surface area contributed by atoms with Gasteiger partial charge in [-0.3, -0.25) is 10.1 Å². The highest BCUT2D eigenvalue weighted by Crippen LogP contribution is 2.36. The number of benzene rings is 2. The number of carbonyl (C=O) groups is 1. The maximum Gasteiger partial charge on any atom is 0.416 e. The third-order valence-electron chi connectivity index (χ3n) is 4.56. The van der Waals surface area contributed by atoms with E-state index in [1.165, 1.54) is 19.1 Å². The van der Waals surface area contributed by atoms with Crippen LogP contribution in [-0.4, -0.2) is 23.4 Å². The number of alkyl halides is 6. The van der Waals surface area contributed by atoms with Crippen molar-refractivity contribution in [1.29, 1.82) is 0 Å². The highest BCUT2D eigenvalue weighted by molar-refractivity contribution is 5.96. The quantitative estimate of drug-likeness (QED) is 0.361. The number of carbonyl (C=O) groups excluding carboxylic acids is 1. The zero-order chi connectivity index (χ0) is 23.7. The maximum absolute atomic E-state index is 13.6. The highest BCUT2D eigenvalue weighted by atomic mass is 19.4. The molecule has 1 amide bonds. The molecule has 0 spiro atoms. The van der Waals surface area contributed by atoms with Crippen LogP contribution in [-0.2, 0) is 12.7 Å². The molecule has 32 heavy (non-hydrogen) atoms. The lowest BCUT2D eigenvalue weighted by molar-refractivity contribution is -0.156. The van der Waals surface area contributed by atoms with Crippen molar-refractivity contribution in [2.75, 3.05) is 0 Å². The van der Waals surface area contributed by atoms with Crippen molar-refractivity contribution >= 4 is 16.9 Å². The zero-order valence-corrected chi connectivity index (χ0v) is 16.5. The normalized spacial score (nSPS) is 14.4. The monoisotopic (exact) mass is 460 g/mol. The molecule has 3 aromatic rings. The summed E-state index contributed by atoms with van der Waals surface area (Å²) in [5.74, 6) is -1.66. The van der Waals surface area contributed by atoms with E-state index in [0.29, 0.717) is 24.1 Å². The van der Waals surface area contributed by atoms with Crippen LogP contribution in [0.5, 0.6) is 0 Å². The highest BCUT2D eigenvalue weighted by Gasteiger charge is 2.43. The minimum Gasteiger partial charge on any atom is -0.451 e. The summed E-state index contributed by atoms with van der Waals surface area (Å²) < 4.78 is 84.7. The molecular weight excluding hydrogens is 442 g/mol. The van der Waals surface area contributed by atoms with Crippen LogP contribution in [0.4, 0.5) is 26.3 Å². The Morgan fingerprint density at radius 2 is 1.78 bits per heavy atom. The van der Waals surface area contributed by atoms with Gasteiger partial charge in [-0.05, 0) is 48.4 Å². The molecule has 5 nitrogen and oxygen atoms in total. The first kappa shape index (κ1) is 23.6. The van der Waals surface area contributed by atoms with Gasteiger partial charge in [-0.1, -0.05) is 18.2 Å². The molecular formula is C21H18F6N2O3. The molecule has 11 heteroatoms. The smallest absolute Gasteiger partial charge is 0.416 e. The molecule has 0 bridgehead atoms. The Labute approximate surface area is 178 Å². The van der Waals surface area contributed by atoms with Crippen LogP contribution in [0.25, 0.3) is 11.0 Å². The first-order chi connectivity index (χ1) is 14.8. The van der Waals surface area contributed by atoms with Gasteiger partial charge in [0.25, 0.3) is 5.91 Å². The van der Waals surface area contributed by atoms with Crippen molar-refractivity contribution in [2.45, 2.75) is 38.1 Å². The molecule has 0 fully saturated rings. The Morgan fingerprint density at radius 3 is 2.41 bits per heavy atom. The lowest BCUT2D eigenvalue weighted by atomic mass is 10.0. The average Bonchev–Trinajstić information content (AvgIpc) is 3.12. The number of furan rings is 1. The fourth-order valence-electron chi connectivity index (χ4n) is 3.03. The lowest BCUT2D eigenvalue weighted by Gasteiger charge is -2.22. The number of halogens is 6. The maximum atomic E-state index is 13.6. The van der Waals surface area contributed by atoms with Gasteiger partial charge >= 0.3 is 12.4 Å². The van der Waals surface area contributed by atoms with E-state index in [2.05, 4.69) is 5.32 Å². The van der Waals surface area contributed by atoms with Crippen LogP contribution in [0.3, 0.4) is 0 Å². The Kier molecular flexibility index (Phi) is 6.51. The average molecular weight is 460 g/mol. The number of amides is 1. The summed E-state index contributed by atoms with van der Waals surface area (Å²) in [5.41, 5.74) is -1.06. The summed E-state index contributed by atoms with van der Waals surface area (Å²) in [6.45, 7) is 1.83. The van der Waals surface area contributed by atoms with E-state index in [1.807, 2.05) is 0 Å². The SMILES string of the molecule is CC(O)NCc1ccc2oc(C(=O)NC(c3cccc(C(F)(F)F)c3)C(F)(F)F)cc2c1. The molecule has 2 aromatic carbocycles. The molecule has 0 aliphatic rings. The van der Waals surface area contributed by atoms with Crippen molar-refractivity contribution in [2.24, 2.45) is 0 Å². The fraction of sp³-hybridized carbons (Fsp3) is 0.286. The third kappa shape index (κ3) is 5.60. The van der Waals surface area contributed by atoms with Crippen molar-refractivity contribution in [3.05, 3.63) is 71.0 Å². The number of aliphatic hydroxyl groups excluding tert-OH is 1. The molecule has 1 aromatic heterocycles. The summed E-state index contributed by atoms with van der Waals surface area (Å²) in [5, 5.41) is 14.2. The summed E-state index contributed by atoms with van der Waals surface area (Å²) >= 11 is 0. The van der Waals surface area contributed by atoms with Crippen molar-refractivity contribution in [1.82, 2.24) is 10.6 Å². The Balaban J connectivity index is 1.86. The minimum atomic E-state index is -5.05. The van der Waals surface area contributed by atoms with Crippen LogP contribution >= 0.6 is 0 Å². The van der Waals surface area contributed by atoms with Crippen LogP contribution in [0.15, 0.2) is 52.9 Å². The van der Waals surface area contributed by atoms with Gasteiger partial charge in [0.15, 0.2) is 11.8 Å². The van der Waals surface area contributed by atoms with E-state index >= 15 is 0 Å². The predicted molar refractivity (Wildman–Crippen MR) is 102 cm³/mol. The van der Waals surface area contributed by atoms with E-state index in [4.69, 9.17) is 4.42 Å². The number of hydrogen-bond acceptors (Lipinski definition) is 4. The van der Waals surface area contributed by atoms with Crippen LogP contribution in [0.2, 0.25) is 0 Å². The summed E-state index contributed by atoms with van der Waals surface area (Å²) in [6.07, 6.45) is -10.6. The van der Waals surface area contributed by atoms with E-state index < -0.39 is 47.4 Å². The van der Waals surface area contributed by atoms with Gasteiger partial charge in [0.1, 0.15) is 11.8 Å². The predicted octanol–water partition coefficient (Wildman–Crippen LogP) is 4.91. The molecule has 172 valence electrons. The molecule has 0 radical (unpaired) electrons. The topological polar surface area (TPSA) is 74.5 Å². The van der Waals surface area contributed by atoms with Gasteiger partial charge in [-0.25, -0.2) is 0 Å². The number of hydrogen-bond donors (Lipinski definition) is 3. The van der Waals surface area contributed by atoms with Gasteiger partial charge < -0.3 is 14.8 Å². The molecule has 3 N–H and O–H groups in total. The number of rotatable bonds is 6.